The van der Waals surface area contributed by atoms with Gasteiger partial charge in [-0.05, 0) is 35.2 Å². The highest BCUT2D eigenvalue weighted by Gasteiger charge is 2.14. The average molecular weight is 307 g/mol. The molecule has 0 radical (unpaired) electrons. The molecular formula is C11H16BrFN2S. The first-order valence-corrected chi connectivity index (χ1v) is 7.12. The highest BCUT2D eigenvalue weighted by atomic mass is 79.9. The van der Waals surface area contributed by atoms with Gasteiger partial charge in [-0.3, -0.25) is 0 Å². The highest BCUT2D eigenvalue weighted by molar-refractivity contribution is 9.10. The number of nitrogens with zero attached hydrogens (tertiary/aromatic N) is 1. The first kappa shape index (κ1) is 13.6. The molecule has 5 heteroatoms. The average Bonchev–Trinajstić information content (AvgIpc) is 2.23. The van der Waals surface area contributed by atoms with Crippen molar-refractivity contribution in [2.45, 2.75) is 13.0 Å². The molecule has 0 amide bonds. The molecule has 0 heterocycles. The first-order chi connectivity index (χ1) is 7.47. The summed E-state index contributed by atoms with van der Waals surface area (Å²) in [6, 6.07) is 3.43. The normalized spacial score (nSPS) is 12.6. The molecule has 1 atom stereocenters. The molecule has 0 fully saturated rings. The zero-order chi connectivity index (χ0) is 12.3. The SMILES string of the molecule is CSCC(C)N(C)c1cc(Br)c(F)cc1N. The highest BCUT2D eigenvalue weighted by Crippen LogP contribution is 2.30. The molecule has 0 saturated heterocycles. The second-order valence-electron chi connectivity index (χ2n) is 3.74. The Labute approximate surface area is 109 Å². The van der Waals surface area contributed by atoms with Crippen molar-refractivity contribution in [2.75, 3.05) is 29.7 Å². The van der Waals surface area contributed by atoms with E-state index in [9.17, 15) is 4.39 Å². The summed E-state index contributed by atoms with van der Waals surface area (Å²) in [5.74, 6) is 0.678. The fourth-order valence-electron chi connectivity index (χ4n) is 1.45. The zero-order valence-electron chi connectivity index (χ0n) is 9.63. The van der Waals surface area contributed by atoms with E-state index in [0.717, 1.165) is 11.4 Å². The minimum atomic E-state index is -0.327. The molecule has 1 unspecified atom stereocenters. The Balaban J connectivity index is 2.99. The van der Waals surface area contributed by atoms with Crippen LogP contribution in [0, 0.1) is 5.82 Å². The standard InChI is InChI=1S/C11H16BrFN2S/c1-7(6-16-3)15(2)11-4-8(12)9(13)5-10(11)14/h4-5,7H,6,14H2,1-3H3. The molecule has 2 nitrogen and oxygen atoms in total. The molecule has 0 aliphatic rings. The lowest BCUT2D eigenvalue weighted by Crippen LogP contribution is -2.31. The Kier molecular flexibility index (Phi) is 4.92. The summed E-state index contributed by atoms with van der Waals surface area (Å²) in [6.45, 7) is 2.12. The summed E-state index contributed by atoms with van der Waals surface area (Å²) in [5.41, 5.74) is 7.14. The predicted octanol–water partition coefficient (Wildman–Crippen LogP) is 3.36. The second-order valence-corrected chi connectivity index (χ2v) is 5.51. The van der Waals surface area contributed by atoms with E-state index in [1.807, 2.05) is 7.05 Å². The molecule has 2 N–H and O–H groups in total. The van der Waals surface area contributed by atoms with Crippen LogP contribution in [0.4, 0.5) is 15.8 Å². The van der Waals surface area contributed by atoms with Crippen molar-refractivity contribution >= 4 is 39.1 Å². The molecule has 1 aromatic carbocycles. The number of thioether (sulfide) groups is 1. The monoisotopic (exact) mass is 306 g/mol. The van der Waals surface area contributed by atoms with E-state index in [4.69, 9.17) is 5.73 Å². The smallest absolute Gasteiger partial charge is 0.139 e. The maximum absolute atomic E-state index is 13.2. The van der Waals surface area contributed by atoms with Crippen molar-refractivity contribution in [2.24, 2.45) is 0 Å². The van der Waals surface area contributed by atoms with E-state index in [2.05, 4.69) is 34.0 Å². The van der Waals surface area contributed by atoms with Crippen molar-refractivity contribution in [1.82, 2.24) is 0 Å². The Morgan fingerprint density at radius 1 is 1.56 bits per heavy atom. The number of anilines is 2. The van der Waals surface area contributed by atoms with Crippen LogP contribution in [-0.4, -0.2) is 25.1 Å². The van der Waals surface area contributed by atoms with Gasteiger partial charge in [0.05, 0.1) is 15.8 Å². The quantitative estimate of drug-likeness (QED) is 0.865. The van der Waals surface area contributed by atoms with Gasteiger partial charge < -0.3 is 10.6 Å². The molecular weight excluding hydrogens is 291 g/mol. The van der Waals surface area contributed by atoms with Crippen LogP contribution < -0.4 is 10.6 Å². The van der Waals surface area contributed by atoms with Crippen LogP contribution >= 0.6 is 27.7 Å². The molecule has 0 aliphatic heterocycles. The third-order valence-electron chi connectivity index (χ3n) is 2.52. The van der Waals surface area contributed by atoms with E-state index >= 15 is 0 Å². The van der Waals surface area contributed by atoms with Gasteiger partial charge in [-0.15, -0.1) is 0 Å². The third kappa shape index (κ3) is 3.04. The summed E-state index contributed by atoms with van der Waals surface area (Å²) >= 11 is 4.95. The molecule has 1 rings (SSSR count). The Bertz CT molecular complexity index is 373. The summed E-state index contributed by atoms with van der Waals surface area (Å²) < 4.78 is 13.7. The Hall–Kier alpha value is -0.420. The largest absolute Gasteiger partial charge is 0.397 e. The van der Waals surface area contributed by atoms with Crippen molar-refractivity contribution in [3.05, 3.63) is 22.4 Å². The molecule has 1 aromatic rings. The molecule has 0 aromatic heterocycles. The van der Waals surface area contributed by atoms with Gasteiger partial charge in [0, 0.05) is 24.9 Å². The van der Waals surface area contributed by atoms with Crippen molar-refractivity contribution in [3.8, 4) is 0 Å². The van der Waals surface area contributed by atoms with Gasteiger partial charge in [-0.2, -0.15) is 11.8 Å². The number of nitrogens with two attached hydrogens (primary N) is 1. The van der Waals surface area contributed by atoms with E-state index < -0.39 is 0 Å². The number of nitrogen functional groups attached to an aromatic ring is 1. The number of hydrogen-bond acceptors (Lipinski definition) is 3. The fraction of sp³-hybridized carbons (Fsp3) is 0.455. The van der Waals surface area contributed by atoms with Gasteiger partial charge in [0.2, 0.25) is 0 Å². The minimum absolute atomic E-state index is 0.327. The van der Waals surface area contributed by atoms with Gasteiger partial charge in [0.1, 0.15) is 5.82 Å². The van der Waals surface area contributed by atoms with Crippen LogP contribution in [0.5, 0.6) is 0 Å². The number of hydrogen-bond donors (Lipinski definition) is 1. The van der Waals surface area contributed by atoms with Crippen LogP contribution in [-0.2, 0) is 0 Å². The van der Waals surface area contributed by atoms with Crippen LogP contribution in [0.3, 0.4) is 0 Å². The number of rotatable bonds is 4. The molecule has 0 saturated carbocycles. The Morgan fingerprint density at radius 2 is 2.19 bits per heavy atom. The van der Waals surface area contributed by atoms with Crippen molar-refractivity contribution in [3.63, 3.8) is 0 Å². The maximum atomic E-state index is 13.2. The fourth-order valence-corrected chi connectivity index (χ4v) is 2.48. The van der Waals surface area contributed by atoms with Gasteiger partial charge in [0.15, 0.2) is 0 Å². The van der Waals surface area contributed by atoms with Gasteiger partial charge in [-0.25, -0.2) is 4.39 Å². The van der Waals surface area contributed by atoms with Gasteiger partial charge in [-0.1, -0.05) is 0 Å². The lowest BCUT2D eigenvalue weighted by Gasteiger charge is -2.28. The maximum Gasteiger partial charge on any atom is 0.139 e. The van der Waals surface area contributed by atoms with Crippen molar-refractivity contribution < 1.29 is 4.39 Å². The topological polar surface area (TPSA) is 29.3 Å². The van der Waals surface area contributed by atoms with Gasteiger partial charge in [0.25, 0.3) is 0 Å². The third-order valence-corrected chi connectivity index (χ3v) is 3.94. The molecule has 90 valence electrons. The Morgan fingerprint density at radius 3 is 2.75 bits per heavy atom. The summed E-state index contributed by atoms with van der Waals surface area (Å²) in [7, 11) is 1.97. The predicted molar refractivity (Wildman–Crippen MR) is 74.8 cm³/mol. The lowest BCUT2D eigenvalue weighted by atomic mass is 10.2. The zero-order valence-corrected chi connectivity index (χ0v) is 12.0. The van der Waals surface area contributed by atoms with Gasteiger partial charge >= 0.3 is 0 Å². The number of halogens is 2. The van der Waals surface area contributed by atoms with Crippen molar-refractivity contribution in [1.29, 1.82) is 0 Å². The van der Waals surface area contributed by atoms with Crippen LogP contribution in [0.1, 0.15) is 6.92 Å². The summed E-state index contributed by atoms with van der Waals surface area (Å²) in [4.78, 5) is 2.07. The molecule has 16 heavy (non-hydrogen) atoms. The summed E-state index contributed by atoms with van der Waals surface area (Å²) in [5, 5.41) is 0. The minimum Gasteiger partial charge on any atom is -0.397 e. The summed E-state index contributed by atoms with van der Waals surface area (Å²) in [6.07, 6.45) is 2.06. The second kappa shape index (κ2) is 5.77. The van der Waals surface area contributed by atoms with Crippen LogP contribution in [0.25, 0.3) is 0 Å². The molecule has 0 aliphatic carbocycles. The van der Waals surface area contributed by atoms with E-state index in [1.54, 1.807) is 17.8 Å². The van der Waals surface area contributed by atoms with E-state index in [-0.39, 0.29) is 5.82 Å². The number of benzene rings is 1. The molecule has 0 bridgehead atoms. The lowest BCUT2D eigenvalue weighted by molar-refractivity contribution is 0.621. The molecule has 0 spiro atoms. The van der Waals surface area contributed by atoms with E-state index in [1.165, 1.54) is 6.07 Å². The first-order valence-electron chi connectivity index (χ1n) is 4.93. The van der Waals surface area contributed by atoms with Crippen LogP contribution in [0.15, 0.2) is 16.6 Å². The van der Waals surface area contributed by atoms with Crippen LogP contribution in [0.2, 0.25) is 0 Å². The van der Waals surface area contributed by atoms with E-state index in [0.29, 0.717) is 16.2 Å².